The van der Waals surface area contributed by atoms with Gasteiger partial charge in [0.15, 0.2) is 5.82 Å². The smallest absolute Gasteiger partial charge is 0.220 e. The topological polar surface area (TPSA) is 79.8 Å². The fraction of sp³-hybridized carbons (Fsp3) is 0.444. The number of nitrogens with one attached hydrogen (secondary N) is 2. The zero-order valence-corrected chi connectivity index (χ0v) is 14.2. The van der Waals surface area contributed by atoms with Crippen molar-refractivity contribution in [3.63, 3.8) is 0 Å². The standard InChI is InChI=1S/C18H23N5O/c1-12-13(2)21-18(14-5-3-9-19-11-14)23-17(12)20-10-4-6-16(24)22-15-7-8-15/h3,5,9,11,15H,4,6-8,10H2,1-2H3,(H,22,24)(H,20,21,23). The Kier molecular flexibility index (Phi) is 5.03. The van der Waals surface area contributed by atoms with Gasteiger partial charge in [0.2, 0.25) is 5.91 Å². The third-order valence-corrected chi connectivity index (χ3v) is 4.12. The van der Waals surface area contributed by atoms with Crippen molar-refractivity contribution in [1.29, 1.82) is 0 Å². The Morgan fingerprint density at radius 3 is 2.83 bits per heavy atom. The van der Waals surface area contributed by atoms with Crippen LogP contribution in [0.1, 0.15) is 36.9 Å². The second-order valence-electron chi connectivity index (χ2n) is 6.22. The normalized spacial score (nSPS) is 13.6. The monoisotopic (exact) mass is 325 g/mol. The molecule has 1 aliphatic rings. The van der Waals surface area contributed by atoms with Crippen LogP contribution in [0.4, 0.5) is 5.82 Å². The van der Waals surface area contributed by atoms with Gasteiger partial charge in [-0.3, -0.25) is 9.78 Å². The molecule has 0 bridgehead atoms. The molecule has 1 saturated carbocycles. The number of anilines is 1. The summed E-state index contributed by atoms with van der Waals surface area (Å²) in [6.07, 6.45) is 7.07. The second kappa shape index (κ2) is 7.38. The number of amides is 1. The predicted molar refractivity (Wildman–Crippen MR) is 93.6 cm³/mol. The number of hydrogen-bond acceptors (Lipinski definition) is 5. The summed E-state index contributed by atoms with van der Waals surface area (Å²) in [6, 6.07) is 4.25. The van der Waals surface area contributed by atoms with Crippen molar-refractivity contribution in [3.8, 4) is 11.4 Å². The maximum Gasteiger partial charge on any atom is 0.220 e. The molecule has 2 heterocycles. The van der Waals surface area contributed by atoms with Crippen molar-refractivity contribution in [3.05, 3.63) is 35.8 Å². The molecule has 126 valence electrons. The molecule has 0 aromatic carbocycles. The van der Waals surface area contributed by atoms with Gasteiger partial charge in [0.05, 0.1) is 0 Å². The van der Waals surface area contributed by atoms with Crippen LogP contribution in [0.3, 0.4) is 0 Å². The van der Waals surface area contributed by atoms with Crippen LogP contribution in [0.15, 0.2) is 24.5 Å². The first-order valence-electron chi connectivity index (χ1n) is 8.42. The number of carbonyl (C=O) groups is 1. The lowest BCUT2D eigenvalue weighted by Gasteiger charge is -2.12. The third-order valence-electron chi connectivity index (χ3n) is 4.12. The Hall–Kier alpha value is -2.50. The Morgan fingerprint density at radius 2 is 2.12 bits per heavy atom. The quantitative estimate of drug-likeness (QED) is 0.765. The van der Waals surface area contributed by atoms with Gasteiger partial charge in [0.25, 0.3) is 0 Å². The molecule has 1 fully saturated rings. The number of hydrogen-bond donors (Lipinski definition) is 2. The highest BCUT2D eigenvalue weighted by atomic mass is 16.1. The summed E-state index contributed by atoms with van der Waals surface area (Å²) in [7, 11) is 0. The van der Waals surface area contributed by atoms with Crippen molar-refractivity contribution < 1.29 is 4.79 Å². The fourth-order valence-corrected chi connectivity index (χ4v) is 2.41. The van der Waals surface area contributed by atoms with Gasteiger partial charge >= 0.3 is 0 Å². The molecular weight excluding hydrogens is 302 g/mol. The third kappa shape index (κ3) is 4.28. The minimum Gasteiger partial charge on any atom is -0.370 e. The summed E-state index contributed by atoms with van der Waals surface area (Å²) in [4.78, 5) is 25.0. The summed E-state index contributed by atoms with van der Waals surface area (Å²) >= 11 is 0. The van der Waals surface area contributed by atoms with Gasteiger partial charge in [-0.25, -0.2) is 9.97 Å². The Bertz CT molecular complexity index is 713. The molecule has 1 aliphatic carbocycles. The first kappa shape index (κ1) is 16.4. The van der Waals surface area contributed by atoms with Gasteiger partial charge in [-0.2, -0.15) is 0 Å². The molecule has 1 amide bonds. The van der Waals surface area contributed by atoms with Gasteiger partial charge in [0.1, 0.15) is 5.82 Å². The van der Waals surface area contributed by atoms with Gasteiger partial charge in [0, 0.05) is 48.2 Å². The molecule has 2 aromatic rings. The molecule has 2 aromatic heterocycles. The number of pyridine rings is 1. The molecule has 24 heavy (non-hydrogen) atoms. The van der Waals surface area contributed by atoms with E-state index in [9.17, 15) is 4.79 Å². The van der Waals surface area contributed by atoms with Gasteiger partial charge in [-0.1, -0.05) is 0 Å². The summed E-state index contributed by atoms with van der Waals surface area (Å²) in [5.41, 5.74) is 2.87. The largest absolute Gasteiger partial charge is 0.370 e. The average Bonchev–Trinajstić information content (AvgIpc) is 3.39. The van der Waals surface area contributed by atoms with E-state index in [1.165, 1.54) is 0 Å². The summed E-state index contributed by atoms with van der Waals surface area (Å²) in [6.45, 7) is 4.69. The Labute approximate surface area is 142 Å². The first-order valence-corrected chi connectivity index (χ1v) is 8.42. The molecule has 0 radical (unpaired) electrons. The molecule has 0 aliphatic heterocycles. The molecular formula is C18H23N5O. The highest BCUT2D eigenvalue weighted by Crippen LogP contribution is 2.21. The van der Waals surface area contributed by atoms with E-state index >= 15 is 0 Å². The van der Waals surface area contributed by atoms with E-state index in [4.69, 9.17) is 0 Å². The van der Waals surface area contributed by atoms with E-state index in [2.05, 4.69) is 25.6 Å². The van der Waals surface area contributed by atoms with Crippen LogP contribution in [0.25, 0.3) is 11.4 Å². The van der Waals surface area contributed by atoms with Crippen LogP contribution >= 0.6 is 0 Å². The zero-order valence-electron chi connectivity index (χ0n) is 14.2. The van der Waals surface area contributed by atoms with Gasteiger partial charge in [-0.05, 0) is 45.2 Å². The lowest BCUT2D eigenvalue weighted by molar-refractivity contribution is -0.121. The minimum atomic E-state index is 0.144. The average molecular weight is 325 g/mol. The van der Waals surface area contributed by atoms with Crippen LogP contribution in [0.5, 0.6) is 0 Å². The number of nitrogens with zero attached hydrogens (tertiary/aromatic N) is 3. The molecule has 0 spiro atoms. The summed E-state index contributed by atoms with van der Waals surface area (Å²) < 4.78 is 0. The minimum absolute atomic E-state index is 0.144. The summed E-state index contributed by atoms with van der Waals surface area (Å²) in [5, 5.41) is 6.34. The first-order chi connectivity index (χ1) is 11.6. The highest BCUT2D eigenvalue weighted by Gasteiger charge is 2.22. The molecule has 2 N–H and O–H groups in total. The fourth-order valence-electron chi connectivity index (χ4n) is 2.41. The second-order valence-corrected chi connectivity index (χ2v) is 6.22. The van der Waals surface area contributed by atoms with Crippen molar-refractivity contribution in [2.24, 2.45) is 0 Å². The zero-order chi connectivity index (χ0) is 16.9. The van der Waals surface area contributed by atoms with Crippen LogP contribution in [0.2, 0.25) is 0 Å². The molecule has 3 rings (SSSR count). The Balaban J connectivity index is 1.60. The number of rotatable bonds is 7. The lowest BCUT2D eigenvalue weighted by atomic mass is 10.2. The van der Waals surface area contributed by atoms with E-state index in [1.807, 2.05) is 26.0 Å². The maximum atomic E-state index is 11.7. The lowest BCUT2D eigenvalue weighted by Crippen LogP contribution is -2.25. The van der Waals surface area contributed by atoms with Crippen LogP contribution < -0.4 is 10.6 Å². The molecule has 0 atom stereocenters. The molecule has 0 saturated heterocycles. The van der Waals surface area contributed by atoms with E-state index < -0.39 is 0 Å². The maximum absolute atomic E-state index is 11.7. The van der Waals surface area contributed by atoms with Crippen LogP contribution in [-0.4, -0.2) is 33.4 Å². The number of carbonyl (C=O) groups excluding carboxylic acids is 1. The van der Waals surface area contributed by atoms with Gasteiger partial charge < -0.3 is 10.6 Å². The van der Waals surface area contributed by atoms with Gasteiger partial charge in [-0.15, -0.1) is 0 Å². The van der Waals surface area contributed by atoms with Crippen molar-refractivity contribution in [2.75, 3.05) is 11.9 Å². The number of aryl methyl sites for hydroxylation is 1. The van der Waals surface area contributed by atoms with Crippen molar-refractivity contribution >= 4 is 11.7 Å². The van der Waals surface area contributed by atoms with Crippen LogP contribution in [-0.2, 0) is 4.79 Å². The Morgan fingerprint density at radius 1 is 1.29 bits per heavy atom. The molecule has 0 unspecified atom stereocenters. The van der Waals surface area contributed by atoms with E-state index in [0.29, 0.717) is 24.8 Å². The van der Waals surface area contributed by atoms with E-state index in [0.717, 1.165) is 41.9 Å². The van der Waals surface area contributed by atoms with Crippen molar-refractivity contribution in [1.82, 2.24) is 20.3 Å². The number of aromatic nitrogens is 3. The van der Waals surface area contributed by atoms with Crippen LogP contribution in [0, 0.1) is 13.8 Å². The predicted octanol–water partition coefficient (Wildman–Crippen LogP) is 2.63. The van der Waals surface area contributed by atoms with E-state index in [1.54, 1.807) is 12.4 Å². The SMILES string of the molecule is Cc1nc(-c2cccnc2)nc(NCCCC(=O)NC2CC2)c1C. The highest BCUT2D eigenvalue weighted by molar-refractivity contribution is 5.76. The van der Waals surface area contributed by atoms with E-state index in [-0.39, 0.29) is 5.91 Å². The van der Waals surface area contributed by atoms with Crippen molar-refractivity contribution in [2.45, 2.75) is 45.6 Å². The molecule has 6 heteroatoms. The summed E-state index contributed by atoms with van der Waals surface area (Å²) in [5.74, 6) is 1.63. The molecule has 6 nitrogen and oxygen atoms in total.